The summed E-state index contributed by atoms with van der Waals surface area (Å²) in [5.41, 5.74) is 5.27. The lowest BCUT2D eigenvalue weighted by Gasteiger charge is -2.21. The predicted molar refractivity (Wildman–Crippen MR) is 104 cm³/mol. The van der Waals surface area contributed by atoms with Crippen molar-refractivity contribution in [3.8, 4) is 0 Å². The molecule has 4 unspecified atom stereocenters. The Bertz CT molecular complexity index is 676. The van der Waals surface area contributed by atoms with Gasteiger partial charge in [-0.25, -0.2) is 0 Å². The number of carbonyl (C=O) groups is 6. The molecular formula is C16H28N6O10. The second-order valence-electron chi connectivity index (χ2n) is 6.21. The van der Waals surface area contributed by atoms with Crippen LogP contribution in [0, 0.1) is 0 Å². The Kier molecular flexibility index (Phi) is 14.0. The van der Waals surface area contributed by atoms with Crippen molar-refractivity contribution in [2.24, 2.45) is 5.73 Å². The molecule has 0 aliphatic rings. The van der Waals surface area contributed by atoms with Gasteiger partial charge in [0.25, 0.3) is 0 Å². The first-order valence-electron chi connectivity index (χ1n) is 9.23. The van der Waals surface area contributed by atoms with Crippen molar-refractivity contribution in [1.82, 2.24) is 26.6 Å². The molecule has 0 aromatic heterocycles. The summed E-state index contributed by atoms with van der Waals surface area (Å²) in [4.78, 5) is 69.6. The zero-order chi connectivity index (χ0) is 24.7. The predicted octanol–water partition coefficient (Wildman–Crippen LogP) is -7.83. The standard InChI is InChI=1S/C16H28N6O10/c17-8(4-24)13(29)21-10(6-26)15(31)19-3-12(28)20-11(7-27)16(32)22-9(5-25)14(30)18-1-2-23/h2,8-11,24-27H,1,3-7,17H2,(H,18,30)(H,19,31)(H,20,28)(H,21,29)(H,22,32). The number of aliphatic hydroxyl groups is 4. The quantitative estimate of drug-likeness (QED) is 0.102. The summed E-state index contributed by atoms with van der Waals surface area (Å²) < 4.78 is 0. The van der Waals surface area contributed by atoms with Crippen LogP contribution < -0.4 is 32.3 Å². The zero-order valence-corrected chi connectivity index (χ0v) is 16.9. The third-order valence-corrected chi connectivity index (χ3v) is 3.78. The van der Waals surface area contributed by atoms with Crippen LogP contribution in [0.2, 0.25) is 0 Å². The van der Waals surface area contributed by atoms with Crippen LogP contribution in [-0.4, -0.2) is 120 Å². The maximum Gasteiger partial charge on any atom is 0.245 e. The minimum Gasteiger partial charge on any atom is -0.394 e. The number of hydrogen-bond donors (Lipinski definition) is 10. The van der Waals surface area contributed by atoms with Gasteiger partial charge in [-0.15, -0.1) is 0 Å². The molecule has 11 N–H and O–H groups in total. The van der Waals surface area contributed by atoms with E-state index in [0.717, 1.165) is 0 Å². The lowest BCUT2D eigenvalue weighted by molar-refractivity contribution is -0.134. The van der Waals surface area contributed by atoms with Crippen molar-refractivity contribution in [2.45, 2.75) is 24.2 Å². The fourth-order valence-corrected chi connectivity index (χ4v) is 2.02. The number of hydrogen-bond acceptors (Lipinski definition) is 11. The van der Waals surface area contributed by atoms with E-state index in [1.807, 2.05) is 0 Å². The van der Waals surface area contributed by atoms with E-state index < -0.39 is 86.7 Å². The van der Waals surface area contributed by atoms with Gasteiger partial charge < -0.3 is 57.5 Å². The van der Waals surface area contributed by atoms with E-state index >= 15 is 0 Å². The van der Waals surface area contributed by atoms with Crippen molar-refractivity contribution >= 4 is 35.8 Å². The van der Waals surface area contributed by atoms with Gasteiger partial charge in [0, 0.05) is 0 Å². The van der Waals surface area contributed by atoms with Crippen LogP contribution in [0.3, 0.4) is 0 Å². The summed E-state index contributed by atoms with van der Waals surface area (Å²) in [6.45, 7) is -4.33. The Morgan fingerprint density at radius 1 is 0.688 bits per heavy atom. The molecule has 16 nitrogen and oxygen atoms in total. The zero-order valence-electron chi connectivity index (χ0n) is 16.9. The molecule has 0 aliphatic carbocycles. The van der Waals surface area contributed by atoms with Gasteiger partial charge >= 0.3 is 0 Å². The van der Waals surface area contributed by atoms with E-state index in [9.17, 15) is 44.1 Å². The topological polar surface area (TPSA) is 270 Å². The minimum absolute atomic E-state index is 0.355. The van der Waals surface area contributed by atoms with E-state index in [1.54, 1.807) is 0 Å². The van der Waals surface area contributed by atoms with Crippen LogP contribution >= 0.6 is 0 Å². The summed E-state index contributed by atoms with van der Waals surface area (Å²) in [5, 5.41) is 46.9. The molecule has 182 valence electrons. The lowest BCUT2D eigenvalue weighted by Crippen LogP contribution is -2.58. The van der Waals surface area contributed by atoms with Gasteiger partial charge in [-0.2, -0.15) is 0 Å². The molecule has 0 rings (SSSR count). The van der Waals surface area contributed by atoms with E-state index in [0.29, 0.717) is 6.29 Å². The van der Waals surface area contributed by atoms with E-state index in [-0.39, 0.29) is 6.54 Å². The Balaban J connectivity index is 4.74. The number of nitrogens with one attached hydrogen (secondary N) is 5. The van der Waals surface area contributed by atoms with E-state index in [1.165, 1.54) is 0 Å². The number of aliphatic hydroxyl groups excluding tert-OH is 4. The van der Waals surface area contributed by atoms with E-state index in [4.69, 9.17) is 10.8 Å². The average molecular weight is 464 g/mol. The molecule has 0 radical (unpaired) electrons. The Hall–Kier alpha value is -3.18. The summed E-state index contributed by atoms with van der Waals surface area (Å²) in [5.74, 6) is -4.75. The summed E-state index contributed by atoms with van der Waals surface area (Å²) in [6.07, 6.45) is 0.382. The fourth-order valence-electron chi connectivity index (χ4n) is 2.02. The Morgan fingerprint density at radius 3 is 1.62 bits per heavy atom. The second kappa shape index (κ2) is 15.6. The van der Waals surface area contributed by atoms with Crippen molar-refractivity contribution in [3.63, 3.8) is 0 Å². The lowest BCUT2D eigenvalue weighted by atomic mass is 10.2. The van der Waals surface area contributed by atoms with Gasteiger partial charge in [-0.3, -0.25) is 24.0 Å². The first-order chi connectivity index (χ1) is 15.1. The number of nitrogens with two attached hydrogens (primary N) is 1. The third-order valence-electron chi connectivity index (χ3n) is 3.78. The molecule has 0 spiro atoms. The normalized spacial score (nSPS) is 14.2. The van der Waals surface area contributed by atoms with Gasteiger partial charge in [0.1, 0.15) is 30.5 Å². The van der Waals surface area contributed by atoms with Crippen molar-refractivity contribution in [1.29, 1.82) is 0 Å². The average Bonchev–Trinajstić information content (AvgIpc) is 2.79. The summed E-state index contributed by atoms with van der Waals surface area (Å²) >= 11 is 0. The molecule has 16 heteroatoms. The van der Waals surface area contributed by atoms with Crippen molar-refractivity contribution in [3.05, 3.63) is 0 Å². The van der Waals surface area contributed by atoms with Crippen LogP contribution in [0.4, 0.5) is 0 Å². The van der Waals surface area contributed by atoms with Gasteiger partial charge in [0.15, 0.2) is 0 Å². The number of aldehydes is 1. The molecule has 0 aliphatic heterocycles. The summed E-state index contributed by atoms with van der Waals surface area (Å²) in [7, 11) is 0. The maximum absolute atomic E-state index is 12.1. The van der Waals surface area contributed by atoms with Crippen LogP contribution in [0.5, 0.6) is 0 Å². The summed E-state index contributed by atoms with van der Waals surface area (Å²) in [6, 6.07) is -5.80. The molecular weight excluding hydrogens is 436 g/mol. The van der Waals surface area contributed by atoms with Crippen LogP contribution in [0.25, 0.3) is 0 Å². The first kappa shape index (κ1) is 28.8. The molecule has 0 aromatic carbocycles. The van der Waals surface area contributed by atoms with E-state index in [2.05, 4.69) is 26.6 Å². The molecule has 0 bridgehead atoms. The highest BCUT2D eigenvalue weighted by Gasteiger charge is 2.27. The van der Waals surface area contributed by atoms with Crippen molar-refractivity contribution < 1.29 is 49.2 Å². The molecule has 5 amide bonds. The highest BCUT2D eigenvalue weighted by molar-refractivity contribution is 5.94. The molecule has 0 aromatic rings. The van der Waals surface area contributed by atoms with Crippen LogP contribution in [-0.2, 0) is 28.8 Å². The Labute approximate surface area is 181 Å². The molecule has 32 heavy (non-hydrogen) atoms. The highest BCUT2D eigenvalue weighted by Crippen LogP contribution is 1.90. The highest BCUT2D eigenvalue weighted by atomic mass is 16.3. The smallest absolute Gasteiger partial charge is 0.245 e. The largest absolute Gasteiger partial charge is 0.394 e. The van der Waals surface area contributed by atoms with Gasteiger partial charge in [-0.05, 0) is 0 Å². The second-order valence-corrected chi connectivity index (χ2v) is 6.21. The van der Waals surface area contributed by atoms with Crippen LogP contribution in [0.1, 0.15) is 0 Å². The fraction of sp³-hybridized carbons (Fsp3) is 0.625. The molecule has 0 fully saturated rings. The van der Waals surface area contributed by atoms with Gasteiger partial charge in [0.2, 0.25) is 29.5 Å². The number of amides is 5. The molecule has 0 saturated carbocycles. The van der Waals surface area contributed by atoms with Gasteiger partial charge in [0.05, 0.1) is 39.5 Å². The molecule has 0 heterocycles. The van der Waals surface area contributed by atoms with Crippen molar-refractivity contribution in [2.75, 3.05) is 39.5 Å². The third kappa shape index (κ3) is 10.2. The first-order valence-corrected chi connectivity index (χ1v) is 9.23. The van der Waals surface area contributed by atoms with Gasteiger partial charge in [-0.1, -0.05) is 0 Å². The molecule has 0 saturated heterocycles. The SMILES string of the molecule is NC(CO)C(=O)NC(CO)C(=O)NCC(=O)NC(CO)C(=O)NC(CO)C(=O)NCC=O. The molecule has 4 atom stereocenters. The minimum atomic E-state index is -1.55. The number of rotatable bonds is 15. The monoisotopic (exact) mass is 464 g/mol. The van der Waals surface area contributed by atoms with Crippen LogP contribution in [0.15, 0.2) is 0 Å². The Morgan fingerprint density at radius 2 is 1.16 bits per heavy atom. The maximum atomic E-state index is 12.1. The number of carbonyl (C=O) groups excluding carboxylic acids is 6.